The molecule has 0 spiro atoms. The maximum atomic E-state index is 4.54. The van der Waals surface area contributed by atoms with Crippen LogP contribution in [0.3, 0.4) is 0 Å². The van der Waals surface area contributed by atoms with E-state index in [-0.39, 0.29) is 0 Å². The predicted octanol–water partition coefficient (Wildman–Crippen LogP) is 2.96. The SMILES string of the molecule is Cc1ncc2c(n1)CCN(Cc1ccc(C)c(C)c1)C2. The molecule has 3 nitrogen and oxygen atoms in total. The average Bonchev–Trinajstić information content (AvgIpc) is 2.43. The van der Waals surface area contributed by atoms with Gasteiger partial charge in [0.15, 0.2) is 0 Å². The zero-order valence-corrected chi connectivity index (χ0v) is 12.5. The quantitative estimate of drug-likeness (QED) is 0.837. The van der Waals surface area contributed by atoms with Crippen LogP contribution in [0.15, 0.2) is 24.4 Å². The highest BCUT2D eigenvalue weighted by Crippen LogP contribution is 2.19. The molecule has 0 bridgehead atoms. The van der Waals surface area contributed by atoms with Crippen molar-refractivity contribution in [3.63, 3.8) is 0 Å². The maximum Gasteiger partial charge on any atom is 0.125 e. The van der Waals surface area contributed by atoms with E-state index in [4.69, 9.17) is 0 Å². The summed E-state index contributed by atoms with van der Waals surface area (Å²) in [5, 5.41) is 0. The van der Waals surface area contributed by atoms with Crippen molar-refractivity contribution in [2.24, 2.45) is 0 Å². The van der Waals surface area contributed by atoms with Gasteiger partial charge in [-0.2, -0.15) is 0 Å². The highest BCUT2D eigenvalue weighted by Gasteiger charge is 2.18. The summed E-state index contributed by atoms with van der Waals surface area (Å²) in [4.78, 5) is 11.3. The van der Waals surface area contributed by atoms with Gasteiger partial charge in [0, 0.05) is 43.5 Å². The van der Waals surface area contributed by atoms with Crippen LogP contribution in [-0.2, 0) is 19.5 Å². The van der Waals surface area contributed by atoms with Crippen LogP contribution in [0.2, 0.25) is 0 Å². The van der Waals surface area contributed by atoms with E-state index in [9.17, 15) is 0 Å². The third-order valence-electron chi connectivity index (χ3n) is 4.11. The number of aryl methyl sites for hydroxylation is 3. The average molecular weight is 267 g/mol. The standard InChI is InChI=1S/C17H21N3/c1-12-4-5-15(8-13(12)2)10-20-7-6-17-16(11-20)9-18-14(3)19-17/h4-5,8-9H,6-7,10-11H2,1-3H3. The number of hydrogen-bond acceptors (Lipinski definition) is 3. The fourth-order valence-corrected chi connectivity index (χ4v) is 2.77. The Morgan fingerprint density at radius 2 is 2.00 bits per heavy atom. The molecule has 0 radical (unpaired) electrons. The van der Waals surface area contributed by atoms with Gasteiger partial charge in [0.2, 0.25) is 0 Å². The van der Waals surface area contributed by atoms with E-state index in [0.29, 0.717) is 0 Å². The summed E-state index contributed by atoms with van der Waals surface area (Å²) in [6.07, 6.45) is 3.02. The number of rotatable bonds is 2. The van der Waals surface area contributed by atoms with Crippen LogP contribution < -0.4 is 0 Å². The lowest BCUT2D eigenvalue weighted by Crippen LogP contribution is -2.31. The fourth-order valence-electron chi connectivity index (χ4n) is 2.77. The Balaban J connectivity index is 1.74. The van der Waals surface area contributed by atoms with Crippen LogP contribution in [0.4, 0.5) is 0 Å². The molecule has 1 aromatic carbocycles. The zero-order valence-electron chi connectivity index (χ0n) is 12.5. The van der Waals surface area contributed by atoms with Crippen LogP contribution in [0.25, 0.3) is 0 Å². The molecule has 2 aromatic rings. The molecule has 0 fully saturated rings. The van der Waals surface area contributed by atoms with Gasteiger partial charge < -0.3 is 0 Å². The Morgan fingerprint density at radius 1 is 1.15 bits per heavy atom. The number of aromatic nitrogens is 2. The zero-order chi connectivity index (χ0) is 14.1. The molecule has 0 N–H and O–H groups in total. The van der Waals surface area contributed by atoms with Crippen LogP contribution in [0.1, 0.15) is 33.8 Å². The second kappa shape index (κ2) is 5.33. The number of fused-ring (bicyclic) bond motifs is 1. The summed E-state index contributed by atoms with van der Waals surface area (Å²) >= 11 is 0. The van der Waals surface area contributed by atoms with E-state index in [1.165, 1.54) is 27.9 Å². The molecule has 104 valence electrons. The molecule has 0 saturated carbocycles. The lowest BCUT2D eigenvalue weighted by atomic mass is 10.0. The molecule has 0 amide bonds. The van der Waals surface area contributed by atoms with Crippen molar-refractivity contribution in [3.05, 3.63) is 58.2 Å². The molecule has 3 heteroatoms. The van der Waals surface area contributed by atoms with Crippen LogP contribution in [0.5, 0.6) is 0 Å². The third-order valence-corrected chi connectivity index (χ3v) is 4.11. The Hall–Kier alpha value is -1.74. The highest BCUT2D eigenvalue weighted by atomic mass is 15.1. The fraction of sp³-hybridized carbons (Fsp3) is 0.412. The molecule has 20 heavy (non-hydrogen) atoms. The first-order valence-corrected chi connectivity index (χ1v) is 7.22. The largest absolute Gasteiger partial charge is 0.294 e. The molecule has 0 saturated heterocycles. The summed E-state index contributed by atoms with van der Waals surface area (Å²) < 4.78 is 0. The van der Waals surface area contributed by atoms with Crippen molar-refractivity contribution in [1.82, 2.24) is 14.9 Å². The van der Waals surface area contributed by atoms with Gasteiger partial charge in [0.05, 0.1) is 0 Å². The Morgan fingerprint density at radius 3 is 2.80 bits per heavy atom. The van der Waals surface area contributed by atoms with Crippen molar-refractivity contribution in [3.8, 4) is 0 Å². The van der Waals surface area contributed by atoms with Crippen molar-refractivity contribution in [2.45, 2.75) is 40.3 Å². The molecule has 0 unspecified atom stereocenters. The Labute approximate surface area is 120 Å². The van der Waals surface area contributed by atoms with Crippen LogP contribution >= 0.6 is 0 Å². The topological polar surface area (TPSA) is 29.0 Å². The monoisotopic (exact) mass is 267 g/mol. The summed E-state index contributed by atoms with van der Waals surface area (Å²) in [7, 11) is 0. The third kappa shape index (κ3) is 2.73. The molecule has 3 rings (SSSR count). The number of hydrogen-bond donors (Lipinski definition) is 0. The minimum atomic E-state index is 0.881. The van der Waals surface area contributed by atoms with Crippen molar-refractivity contribution in [2.75, 3.05) is 6.54 Å². The van der Waals surface area contributed by atoms with Gasteiger partial charge in [-0.25, -0.2) is 9.97 Å². The number of nitrogens with zero attached hydrogens (tertiary/aromatic N) is 3. The lowest BCUT2D eigenvalue weighted by Gasteiger charge is -2.28. The number of benzene rings is 1. The van der Waals surface area contributed by atoms with Gasteiger partial charge in [-0.15, -0.1) is 0 Å². The maximum absolute atomic E-state index is 4.54. The molecule has 1 aromatic heterocycles. The van der Waals surface area contributed by atoms with Crippen LogP contribution in [0, 0.1) is 20.8 Å². The minimum absolute atomic E-state index is 0.881. The van der Waals surface area contributed by atoms with E-state index < -0.39 is 0 Å². The second-order valence-corrected chi connectivity index (χ2v) is 5.77. The van der Waals surface area contributed by atoms with Gasteiger partial charge in [0.1, 0.15) is 5.82 Å². The van der Waals surface area contributed by atoms with E-state index in [1.54, 1.807) is 0 Å². The Kier molecular flexibility index (Phi) is 3.53. The van der Waals surface area contributed by atoms with Gasteiger partial charge in [-0.1, -0.05) is 18.2 Å². The first kappa shape index (κ1) is 13.3. The first-order valence-electron chi connectivity index (χ1n) is 7.22. The molecule has 0 aliphatic carbocycles. The van der Waals surface area contributed by atoms with E-state index in [1.807, 2.05) is 13.1 Å². The van der Waals surface area contributed by atoms with E-state index >= 15 is 0 Å². The normalized spacial score (nSPS) is 15.2. The summed E-state index contributed by atoms with van der Waals surface area (Å²) in [6.45, 7) is 9.35. The van der Waals surface area contributed by atoms with Gasteiger partial charge in [-0.05, 0) is 37.5 Å². The second-order valence-electron chi connectivity index (χ2n) is 5.77. The molecular formula is C17H21N3. The Bertz CT molecular complexity index is 634. The molecule has 0 atom stereocenters. The van der Waals surface area contributed by atoms with Gasteiger partial charge in [0.25, 0.3) is 0 Å². The summed E-state index contributed by atoms with van der Waals surface area (Å²) in [5.74, 6) is 0.881. The van der Waals surface area contributed by atoms with Crippen molar-refractivity contribution < 1.29 is 0 Å². The minimum Gasteiger partial charge on any atom is -0.294 e. The summed E-state index contributed by atoms with van der Waals surface area (Å²) in [6, 6.07) is 6.76. The molecule has 1 aliphatic rings. The van der Waals surface area contributed by atoms with E-state index in [2.05, 4.69) is 46.9 Å². The van der Waals surface area contributed by atoms with Gasteiger partial charge in [-0.3, -0.25) is 4.90 Å². The predicted molar refractivity (Wildman–Crippen MR) is 80.5 cm³/mol. The van der Waals surface area contributed by atoms with Crippen molar-refractivity contribution in [1.29, 1.82) is 0 Å². The molecule has 2 heterocycles. The van der Waals surface area contributed by atoms with Gasteiger partial charge >= 0.3 is 0 Å². The molecule has 1 aliphatic heterocycles. The highest BCUT2D eigenvalue weighted by molar-refractivity contribution is 5.30. The van der Waals surface area contributed by atoms with E-state index in [0.717, 1.165) is 31.9 Å². The first-order chi connectivity index (χ1) is 9.61. The van der Waals surface area contributed by atoms with Crippen LogP contribution in [-0.4, -0.2) is 21.4 Å². The summed E-state index contributed by atoms with van der Waals surface area (Å²) in [5.41, 5.74) is 6.64. The molecular weight excluding hydrogens is 246 g/mol. The smallest absolute Gasteiger partial charge is 0.125 e. The van der Waals surface area contributed by atoms with Crippen molar-refractivity contribution >= 4 is 0 Å². The lowest BCUT2D eigenvalue weighted by molar-refractivity contribution is 0.242.